The van der Waals surface area contributed by atoms with Crippen LogP contribution in [0.25, 0.3) is 60.9 Å². The van der Waals surface area contributed by atoms with Crippen LogP contribution >= 0.6 is 0 Å². The predicted molar refractivity (Wildman–Crippen MR) is 289 cm³/mol. The first-order valence-electron chi connectivity index (χ1n) is 24.4. The summed E-state index contributed by atoms with van der Waals surface area (Å²) in [5, 5.41) is 2.53. The van der Waals surface area contributed by atoms with Gasteiger partial charge < -0.3 is 9.47 Å². The van der Waals surface area contributed by atoms with Crippen LogP contribution in [0.5, 0.6) is 0 Å². The molecule has 2 heterocycles. The monoisotopic (exact) mass is 888 g/mol. The molecule has 0 saturated heterocycles. The molecule has 1 aromatic heterocycles. The fourth-order valence-electron chi connectivity index (χ4n) is 13.1. The fraction of sp³-hybridized carbons (Fsp3) is 0.0294. The molecule has 70 heavy (non-hydrogen) atoms. The highest BCUT2D eigenvalue weighted by Gasteiger charge is 2.51. The molecule has 1 spiro atoms. The van der Waals surface area contributed by atoms with Gasteiger partial charge in [-0.25, -0.2) is 0 Å². The number of rotatable bonds is 6. The number of hydrogen-bond donors (Lipinski definition) is 0. The van der Waals surface area contributed by atoms with E-state index in [1.807, 2.05) is 0 Å². The van der Waals surface area contributed by atoms with E-state index >= 15 is 0 Å². The molecule has 3 aliphatic rings. The lowest BCUT2D eigenvalue weighted by atomic mass is 9.65. The summed E-state index contributed by atoms with van der Waals surface area (Å²) >= 11 is 0. The molecule has 0 unspecified atom stereocenters. The number of aromatic nitrogens is 1. The van der Waals surface area contributed by atoms with E-state index in [-0.39, 0.29) is 0 Å². The summed E-state index contributed by atoms with van der Waals surface area (Å²) in [5.41, 5.74) is 23.7. The van der Waals surface area contributed by atoms with Gasteiger partial charge in [-0.05, 0) is 120 Å². The van der Waals surface area contributed by atoms with E-state index in [2.05, 4.69) is 276 Å². The molecule has 0 radical (unpaired) electrons. The molecule has 0 amide bonds. The molecule has 12 aromatic rings. The van der Waals surface area contributed by atoms with Crippen LogP contribution in [0.4, 0.5) is 17.1 Å². The highest BCUT2D eigenvalue weighted by molar-refractivity contribution is 6.13. The van der Waals surface area contributed by atoms with Crippen LogP contribution in [0.3, 0.4) is 0 Å². The van der Waals surface area contributed by atoms with E-state index in [4.69, 9.17) is 0 Å². The first-order valence-corrected chi connectivity index (χ1v) is 24.4. The molecule has 0 N–H and O–H groups in total. The van der Waals surface area contributed by atoms with Crippen LogP contribution in [-0.4, -0.2) is 4.57 Å². The summed E-state index contributed by atoms with van der Waals surface area (Å²) in [6.45, 7) is 0. The van der Waals surface area contributed by atoms with Crippen molar-refractivity contribution in [2.45, 2.75) is 10.8 Å². The van der Waals surface area contributed by atoms with Crippen LogP contribution in [0.1, 0.15) is 44.5 Å². The second-order valence-corrected chi connectivity index (χ2v) is 19.1. The number of hydrogen-bond acceptors (Lipinski definition) is 1. The minimum absolute atomic E-state index is 0.530. The Hall–Kier alpha value is -8.98. The summed E-state index contributed by atoms with van der Waals surface area (Å²) in [6.07, 6.45) is 0. The minimum atomic E-state index is -0.543. The summed E-state index contributed by atoms with van der Waals surface area (Å²) in [6, 6.07) is 99.8. The van der Waals surface area contributed by atoms with Gasteiger partial charge in [-0.1, -0.05) is 224 Å². The average molecular weight is 889 g/mol. The minimum Gasteiger partial charge on any atom is -0.310 e. The van der Waals surface area contributed by atoms with Gasteiger partial charge in [-0.15, -0.1) is 0 Å². The third-order valence-electron chi connectivity index (χ3n) is 15.9. The molecule has 11 aromatic carbocycles. The lowest BCUT2D eigenvalue weighted by Gasteiger charge is -2.40. The average Bonchev–Trinajstić information content (AvgIpc) is 4.04. The molecule has 326 valence electrons. The molecule has 15 rings (SSSR count). The first-order chi connectivity index (χ1) is 34.7. The summed E-state index contributed by atoms with van der Waals surface area (Å²) in [5.74, 6) is 0. The van der Waals surface area contributed by atoms with Gasteiger partial charge in [0.15, 0.2) is 0 Å². The molecule has 0 saturated carbocycles. The van der Waals surface area contributed by atoms with E-state index < -0.39 is 10.8 Å². The molecular formula is C68H44N2. The van der Waals surface area contributed by atoms with Gasteiger partial charge in [0.05, 0.1) is 27.6 Å². The van der Waals surface area contributed by atoms with Crippen LogP contribution in [0.15, 0.2) is 267 Å². The topological polar surface area (TPSA) is 8.17 Å². The second kappa shape index (κ2) is 14.8. The molecule has 2 aliphatic carbocycles. The zero-order chi connectivity index (χ0) is 46.0. The Labute approximate surface area is 407 Å². The van der Waals surface area contributed by atoms with Gasteiger partial charge >= 0.3 is 0 Å². The second-order valence-electron chi connectivity index (χ2n) is 19.1. The van der Waals surface area contributed by atoms with Gasteiger partial charge in [-0.2, -0.15) is 0 Å². The zero-order valence-electron chi connectivity index (χ0n) is 38.3. The third-order valence-corrected chi connectivity index (χ3v) is 15.9. The van der Waals surface area contributed by atoms with Crippen molar-refractivity contribution in [3.8, 4) is 39.1 Å². The van der Waals surface area contributed by atoms with E-state index in [1.165, 1.54) is 105 Å². The van der Waals surface area contributed by atoms with Gasteiger partial charge in [-0.3, -0.25) is 0 Å². The maximum atomic E-state index is 2.57. The lowest BCUT2D eigenvalue weighted by molar-refractivity contribution is 0.748. The van der Waals surface area contributed by atoms with Gasteiger partial charge in [0.2, 0.25) is 0 Å². The van der Waals surface area contributed by atoms with Crippen molar-refractivity contribution >= 4 is 38.9 Å². The Bertz CT molecular complexity index is 3970. The number of anilines is 3. The normalized spacial score (nSPS) is 13.9. The van der Waals surface area contributed by atoms with Gasteiger partial charge in [0.25, 0.3) is 0 Å². The molecule has 0 fully saturated rings. The van der Waals surface area contributed by atoms with Crippen molar-refractivity contribution in [2.24, 2.45) is 0 Å². The van der Waals surface area contributed by atoms with Crippen LogP contribution < -0.4 is 4.90 Å². The molecule has 0 atom stereocenters. The van der Waals surface area contributed by atoms with Gasteiger partial charge in [0.1, 0.15) is 0 Å². The Morgan fingerprint density at radius 1 is 0.286 bits per heavy atom. The molecule has 2 heteroatoms. The molecular weight excluding hydrogens is 845 g/mol. The Kier molecular flexibility index (Phi) is 8.24. The van der Waals surface area contributed by atoms with E-state index in [0.29, 0.717) is 0 Å². The van der Waals surface area contributed by atoms with Crippen molar-refractivity contribution < 1.29 is 0 Å². The van der Waals surface area contributed by atoms with Crippen molar-refractivity contribution in [1.82, 2.24) is 4.57 Å². The number of para-hydroxylation sites is 2. The van der Waals surface area contributed by atoms with Crippen LogP contribution in [0.2, 0.25) is 0 Å². The summed E-state index contributed by atoms with van der Waals surface area (Å²) < 4.78 is 2.57. The SMILES string of the molecule is c1ccc(-c2ccc(N(c3ccc4c(c3)-n3c5ccccc5c5cccc(c53)C43c4ccccc4-c4ccccc43)c3ccc4c(c3)C(c3ccccc3)(c3ccccc3)c3ccccc3-4)cc2)cc1. The maximum absolute atomic E-state index is 2.57. The standard InChI is InChI=1S/C68H44N2/c1-4-19-45(20-5-1)46-35-37-49(38-36-46)69(50-39-41-55-54-27-10-14-30-58(54)67(63(55)43-50,47-21-6-2-7-22-47)48-23-8-3-9-24-48)51-40-42-61-65(44-51)70-64-34-17-13-28-56(64)57-29-18-33-62(66(57)70)68(61)59-31-15-11-25-52(59)53-26-12-16-32-60(53)68/h1-44H. The molecule has 2 nitrogen and oxygen atoms in total. The maximum Gasteiger partial charge on any atom is 0.0754 e. The Balaban J connectivity index is 1.03. The summed E-state index contributed by atoms with van der Waals surface area (Å²) in [7, 11) is 0. The van der Waals surface area contributed by atoms with Crippen LogP contribution in [-0.2, 0) is 10.8 Å². The van der Waals surface area contributed by atoms with Crippen molar-refractivity contribution in [1.29, 1.82) is 0 Å². The molecule has 1 aliphatic heterocycles. The zero-order valence-corrected chi connectivity index (χ0v) is 38.3. The van der Waals surface area contributed by atoms with Crippen LogP contribution in [0, 0.1) is 0 Å². The predicted octanol–water partition coefficient (Wildman–Crippen LogP) is 17.0. The van der Waals surface area contributed by atoms with E-state index in [0.717, 1.165) is 17.1 Å². The highest BCUT2D eigenvalue weighted by Crippen LogP contribution is 2.62. The Morgan fingerprint density at radius 3 is 1.41 bits per heavy atom. The van der Waals surface area contributed by atoms with Gasteiger partial charge in [0, 0.05) is 27.8 Å². The smallest absolute Gasteiger partial charge is 0.0754 e. The Morgan fingerprint density at radius 2 is 0.757 bits per heavy atom. The van der Waals surface area contributed by atoms with Crippen molar-refractivity contribution in [3.63, 3.8) is 0 Å². The largest absolute Gasteiger partial charge is 0.310 e. The number of benzene rings is 11. The molecule has 0 bridgehead atoms. The lowest BCUT2D eigenvalue weighted by Crippen LogP contribution is -2.33. The van der Waals surface area contributed by atoms with Crippen molar-refractivity contribution in [2.75, 3.05) is 4.90 Å². The van der Waals surface area contributed by atoms with E-state index in [1.54, 1.807) is 0 Å². The fourth-order valence-corrected chi connectivity index (χ4v) is 13.1. The third kappa shape index (κ3) is 5.12. The number of fused-ring (bicyclic) bond motifs is 15. The number of nitrogens with zero attached hydrogens (tertiary/aromatic N) is 2. The summed E-state index contributed by atoms with van der Waals surface area (Å²) in [4.78, 5) is 2.49. The van der Waals surface area contributed by atoms with Crippen molar-refractivity contribution in [3.05, 3.63) is 311 Å². The first kappa shape index (κ1) is 39.1. The quantitative estimate of drug-likeness (QED) is 0.161. The highest BCUT2D eigenvalue weighted by atomic mass is 15.1. The van der Waals surface area contributed by atoms with E-state index in [9.17, 15) is 0 Å².